The number of benzene rings is 1. The third-order valence-electron chi connectivity index (χ3n) is 2.65. The molecule has 0 radical (unpaired) electrons. The highest BCUT2D eigenvalue weighted by molar-refractivity contribution is 6.33. The number of carbonyl (C=O) groups excluding carboxylic acids is 1. The van der Waals surface area contributed by atoms with E-state index in [1.54, 1.807) is 7.05 Å². The Morgan fingerprint density at radius 2 is 2.11 bits per heavy atom. The highest BCUT2D eigenvalue weighted by Crippen LogP contribution is 2.23. The van der Waals surface area contributed by atoms with Gasteiger partial charge in [0.1, 0.15) is 0 Å². The summed E-state index contributed by atoms with van der Waals surface area (Å²) in [5.41, 5.74) is 0.380. The molecule has 0 spiro atoms. The number of carboxylic acids is 1. The number of nitrogens with one attached hydrogen (secondary N) is 1. The SMILES string of the molecule is CCCCN(C)C(=O)Nc1cc(C(=O)O)ccc1Cl. The Morgan fingerprint density at radius 1 is 1.42 bits per heavy atom. The number of rotatable bonds is 5. The molecule has 0 saturated carbocycles. The molecule has 0 aromatic heterocycles. The molecule has 0 heterocycles. The van der Waals surface area contributed by atoms with E-state index in [4.69, 9.17) is 16.7 Å². The van der Waals surface area contributed by atoms with Gasteiger partial charge < -0.3 is 15.3 Å². The van der Waals surface area contributed by atoms with E-state index in [-0.39, 0.29) is 11.6 Å². The van der Waals surface area contributed by atoms with Crippen LogP contribution in [-0.2, 0) is 0 Å². The molecule has 0 saturated heterocycles. The molecule has 0 atom stereocenters. The molecule has 1 aromatic rings. The third-order valence-corrected chi connectivity index (χ3v) is 2.98. The largest absolute Gasteiger partial charge is 0.478 e. The molecule has 5 nitrogen and oxygen atoms in total. The molecule has 19 heavy (non-hydrogen) atoms. The minimum absolute atomic E-state index is 0.0795. The Bertz CT molecular complexity index is 477. The smallest absolute Gasteiger partial charge is 0.335 e. The van der Waals surface area contributed by atoms with Crippen LogP contribution in [0.5, 0.6) is 0 Å². The minimum atomic E-state index is -1.06. The van der Waals surface area contributed by atoms with Crippen LogP contribution in [0.15, 0.2) is 18.2 Å². The Hall–Kier alpha value is -1.75. The Morgan fingerprint density at radius 3 is 2.68 bits per heavy atom. The predicted octanol–water partition coefficient (Wildman–Crippen LogP) is 3.30. The van der Waals surface area contributed by atoms with Gasteiger partial charge in [-0.15, -0.1) is 0 Å². The van der Waals surface area contributed by atoms with E-state index in [1.807, 2.05) is 6.92 Å². The average molecular weight is 285 g/mol. The maximum Gasteiger partial charge on any atom is 0.335 e. The molecule has 1 rings (SSSR count). The number of aromatic carboxylic acids is 1. The second-order valence-electron chi connectivity index (χ2n) is 4.21. The van der Waals surface area contributed by atoms with Crippen LogP contribution in [0.3, 0.4) is 0 Å². The van der Waals surface area contributed by atoms with Crippen molar-refractivity contribution in [3.63, 3.8) is 0 Å². The maximum atomic E-state index is 11.9. The molecule has 0 unspecified atom stereocenters. The van der Waals surface area contributed by atoms with Crippen LogP contribution in [0.4, 0.5) is 10.5 Å². The van der Waals surface area contributed by atoms with Gasteiger partial charge in [0.2, 0.25) is 0 Å². The van der Waals surface area contributed by atoms with E-state index in [9.17, 15) is 9.59 Å². The van der Waals surface area contributed by atoms with E-state index < -0.39 is 5.97 Å². The van der Waals surface area contributed by atoms with Gasteiger partial charge in [0.05, 0.1) is 16.3 Å². The van der Waals surface area contributed by atoms with Crippen molar-refractivity contribution in [3.8, 4) is 0 Å². The van der Waals surface area contributed by atoms with Crippen LogP contribution in [0, 0.1) is 0 Å². The van der Waals surface area contributed by atoms with E-state index in [0.717, 1.165) is 12.8 Å². The van der Waals surface area contributed by atoms with Crippen molar-refractivity contribution in [3.05, 3.63) is 28.8 Å². The molecular formula is C13H17ClN2O3. The Labute approximate surface area is 117 Å². The zero-order valence-corrected chi connectivity index (χ0v) is 11.7. The molecule has 1 aromatic carbocycles. The molecular weight excluding hydrogens is 268 g/mol. The van der Waals surface area contributed by atoms with Crippen LogP contribution < -0.4 is 5.32 Å². The number of hydrogen-bond donors (Lipinski definition) is 2. The molecule has 0 bridgehead atoms. The van der Waals surface area contributed by atoms with E-state index >= 15 is 0 Å². The second-order valence-corrected chi connectivity index (χ2v) is 4.61. The number of carbonyl (C=O) groups is 2. The van der Waals surface area contributed by atoms with Crippen molar-refractivity contribution in [2.75, 3.05) is 18.9 Å². The lowest BCUT2D eigenvalue weighted by molar-refractivity contribution is 0.0697. The van der Waals surface area contributed by atoms with Gasteiger partial charge >= 0.3 is 12.0 Å². The highest BCUT2D eigenvalue weighted by atomic mass is 35.5. The second kappa shape index (κ2) is 6.99. The van der Waals surface area contributed by atoms with Crippen LogP contribution in [0.2, 0.25) is 5.02 Å². The van der Waals surface area contributed by atoms with Crippen molar-refractivity contribution in [2.45, 2.75) is 19.8 Å². The zero-order chi connectivity index (χ0) is 14.4. The third kappa shape index (κ3) is 4.44. The first-order valence-electron chi connectivity index (χ1n) is 6.00. The van der Waals surface area contributed by atoms with Gasteiger partial charge in [-0.05, 0) is 24.6 Å². The fourth-order valence-corrected chi connectivity index (χ4v) is 1.63. The van der Waals surface area contributed by atoms with Crippen molar-refractivity contribution in [2.24, 2.45) is 0 Å². The number of carboxylic acid groups (broad SMARTS) is 1. The standard InChI is InChI=1S/C13H17ClN2O3/c1-3-4-7-16(2)13(19)15-11-8-9(12(17)18)5-6-10(11)14/h5-6,8H,3-4,7H2,1-2H3,(H,15,19)(H,17,18). The first kappa shape index (κ1) is 15.3. The van der Waals surface area contributed by atoms with Crippen molar-refractivity contribution >= 4 is 29.3 Å². The van der Waals surface area contributed by atoms with Crippen LogP contribution in [-0.4, -0.2) is 35.6 Å². The fourth-order valence-electron chi connectivity index (χ4n) is 1.46. The normalized spacial score (nSPS) is 10.1. The summed E-state index contributed by atoms with van der Waals surface area (Å²) in [5, 5.41) is 11.8. The molecule has 2 N–H and O–H groups in total. The summed E-state index contributed by atoms with van der Waals surface area (Å²) >= 11 is 5.93. The summed E-state index contributed by atoms with van der Waals surface area (Å²) in [5.74, 6) is -1.06. The molecule has 2 amide bonds. The zero-order valence-electron chi connectivity index (χ0n) is 10.9. The molecule has 0 aliphatic carbocycles. The van der Waals surface area contributed by atoms with Crippen molar-refractivity contribution in [1.82, 2.24) is 4.90 Å². The number of hydrogen-bond acceptors (Lipinski definition) is 2. The van der Waals surface area contributed by atoms with Crippen LogP contribution >= 0.6 is 11.6 Å². The maximum absolute atomic E-state index is 11.9. The van der Waals surface area contributed by atoms with Crippen LogP contribution in [0.1, 0.15) is 30.1 Å². The highest BCUT2D eigenvalue weighted by Gasteiger charge is 2.12. The van der Waals surface area contributed by atoms with Gasteiger partial charge in [-0.1, -0.05) is 24.9 Å². The summed E-state index contributed by atoms with van der Waals surface area (Å²) in [6.07, 6.45) is 1.90. The molecule has 6 heteroatoms. The predicted molar refractivity (Wildman–Crippen MR) is 75.0 cm³/mol. The number of urea groups is 1. The first-order valence-corrected chi connectivity index (χ1v) is 6.38. The lowest BCUT2D eigenvalue weighted by Gasteiger charge is -2.18. The lowest BCUT2D eigenvalue weighted by Crippen LogP contribution is -2.32. The van der Waals surface area contributed by atoms with Gasteiger partial charge in [0, 0.05) is 13.6 Å². The van der Waals surface area contributed by atoms with Gasteiger partial charge in [-0.2, -0.15) is 0 Å². The van der Waals surface area contributed by atoms with Gasteiger partial charge in [-0.25, -0.2) is 9.59 Å². The van der Waals surface area contributed by atoms with Crippen molar-refractivity contribution < 1.29 is 14.7 Å². The number of halogens is 1. The molecule has 0 fully saturated rings. The van der Waals surface area contributed by atoms with Gasteiger partial charge in [0.15, 0.2) is 0 Å². The number of nitrogens with zero attached hydrogens (tertiary/aromatic N) is 1. The van der Waals surface area contributed by atoms with E-state index in [2.05, 4.69) is 5.32 Å². The average Bonchev–Trinajstić information content (AvgIpc) is 2.38. The Balaban J connectivity index is 2.78. The lowest BCUT2D eigenvalue weighted by atomic mass is 10.2. The molecule has 0 aliphatic heterocycles. The summed E-state index contributed by atoms with van der Waals surface area (Å²) < 4.78 is 0. The Kier molecular flexibility index (Phi) is 5.63. The molecule has 0 aliphatic rings. The van der Waals surface area contributed by atoms with E-state index in [1.165, 1.54) is 23.1 Å². The van der Waals surface area contributed by atoms with Gasteiger partial charge in [0.25, 0.3) is 0 Å². The number of amides is 2. The first-order chi connectivity index (χ1) is 8.95. The summed E-state index contributed by atoms with van der Waals surface area (Å²) in [6, 6.07) is 3.88. The number of unbranched alkanes of at least 4 members (excludes halogenated alkanes) is 1. The van der Waals surface area contributed by atoms with Crippen LogP contribution in [0.25, 0.3) is 0 Å². The topological polar surface area (TPSA) is 69.6 Å². The fraction of sp³-hybridized carbons (Fsp3) is 0.385. The minimum Gasteiger partial charge on any atom is -0.478 e. The molecule has 104 valence electrons. The summed E-state index contributed by atoms with van der Waals surface area (Å²) in [4.78, 5) is 24.3. The van der Waals surface area contributed by atoms with E-state index in [0.29, 0.717) is 17.3 Å². The van der Waals surface area contributed by atoms with Crippen molar-refractivity contribution in [1.29, 1.82) is 0 Å². The van der Waals surface area contributed by atoms with Gasteiger partial charge in [-0.3, -0.25) is 0 Å². The summed E-state index contributed by atoms with van der Waals surface area (Å²) in [6.45, 7) is 2.68. The summed E-state index contributed by atoms with van der Waals surface area (Å²) in [7, 11) is 1.68. The monoisotopic (exact) mass is 284 g/mol. The quantitative estimate of drug-likeness (QED) is 0.871. The number of anilines is 1.